The molecule has 3 rings (SSSR count). The highest BCUT2D eigenvalue weighted by Crippen LogP contribution is 2.33. The number of ether oxygens (including phenoxy) is 1. The smallest absolute Gasteiger partial charge is 0.227 e. The summed E-state index contributed by atoms with van der Waals surface area (Å²) in [7, 11) is 1.57. The van der Waals surface area contributed by atoms with E-state index in [0.717, 1.165) is 16.6 Å². The second kappa shape index (κ2) is 4.72. The number of hydrogen-bond acceptors (Lipinski definition) is 4. The summed E-state index contributed by atoms with van der Waals surface area (Å²) in [6.45, 7) is 1.97. The molecular formula is C15H13ClN2O2. The molecule has 0 saturated carbocycles. The van der Waals surface area contributed by atoms with Crippen LogP contribution >= 0.6 is 11.6 Å². The summed E-state index contributed by atoms with van der Waals surface area (Å²) in [6.07, 6.45) is 0. The molecule has 20 heavy (non-hydrogen) atoms. The van der Waals surface area contributed by atoms with Crippen molar-refractivity contribution in [2.24, 2.45) is 0 Å². The zero-order valence-corrected chi connectivity index (χ0v) is 11.9. The average Bonchev–Trinajstić information content (AvgIpc) is 2.82. The maximum absolute atomic E-state index is 6.12. The predicted molar refractivity (Wildman–Crippen MR) is 80.2 cm³/mol. The third-order valence-electron chi connectivity index (χ3n) is 3.06. The minimum Gasteiger partial charge on any atom is -0.495 e. The highest BCUT2D eigenvalue weighted by molar-refractivity contribution is 6.32. The molecular weight excluding hydrogens is 276 g/mol. The van der Waals surface area contributed by atoms with Crippen molar-refractivity contribution in [3.05, 3.63) is 40.9 Å². The van der Waals surface area contributed by atoms with Crippen LogP contribution in [0.1, 0.15) is 5.56 Å². The largest absolute Gasteiger partial charge is 0.495 e. The molecule has 0 aliphatic carbocycles. The van der Waals surface area contributed by atoms with Gasteiger partial charge >= 0.3 is 0 Å². The molecule has 4 nitrogen and oxygen atoms in total. The summed E-state index contributed by atoms with van der Waals surface area (Å²) < 4.78 is 10.9. The number of aromatic nitrogens is 1. The minimum absolute atomic E-state index is 0.488. The summed E-state index contributed by atoms with van der Waals surface area (Å²) in [6, 6.07) is 9.18. The number of nitrogen functional groups attached to an aromatic ring is 1. The van der Waals surface area contributed by atoms with E-state index in [2.05, 4.69) is 4.98 Å². The molecule has 102 valence electrons. The summed E-state index contributed by atoms with van der Waals surface area (Å²) in [5, 5.41) is 0.511. The van der Waals surface area contributed by atoms with E-state index in [1.165, 1.54) is 0 Å². The quantitative estimate of drug-likeness (QED) is 0.723. The average molecular weight is 289 g/mol. The Balaban J connectivity index is 2.15. The van der Waals surface area contributed by atoms with E-state index in [1.807, 2.05) is 25.1 Å². The number of nitrogens with two attached hydrogens (primary N) is 1. The lowest BCUT2D eigenvalue weighted by molar-refractivity contribution is 0.415. The topological polar surface area (TPSA) is 61.3 Å². The van der Waals surface area contributed by atoms with Crippen LogP contribution in [-0.4, -0.2) is 12.1 Å². The molecule has 2 N–H and O–H groups in total. The first-order valence-electron chi connectivity index (χ1n) is 6.09. The Hall–Kier alpha value is -2.20. The monoisotopic (exact) mass is 288 g/mol. The van der Waals surface area contributed by atoms with Gasteiger partial charge in [-0.3, -0.25) is 0 Å². The summed E-state index contributed by atoms with van der Waals surface area (Å²) in [5.74, 6) is 1.10. The number of fused-ring (bicyclic) bond motifs is 1. The van der Waals surface area contributed by atoms with Crippen LogP contribution in [0.5, 0.6) is 5.75 Å². The zero-order valence-electron chi connectivity index (χ0n) is 11.1. The SMILES string of the molecule is COc1ccc(-c2nc3cc(C)cc(N)c3o2)cc1Cl. The number of anilines is 1. The van der Waals surface area contributed by atoms with E-state index < -0.39 is 0 Å². The molecule has 0 aliphatic rings. The first-order chi connectivity index (χ1) is 9.58. The number of aryl methyl sites for hydroxylation is 1. The number of rotatable bonds is 2. The van der Waals surface area contributed by atoms with Gasteiger partial charge in [-0.25, -0.2) is 4.98 Å². The molecule has 2 aromatic carbocycles. The first-order valence-corrected chi connectivity index (χ1v) is 6.47. The molecule has 0 saturated heterocycles. The molecule has 0 bridgehead atoms. The molecule has 0 aliphatic heterocycles. The Morgan fingerprint density at radius 1 is 1.25 bits per heavy atom. The first kappa shape index (κ1) is 12.8. The molecule has 5 heteroatoms. The van der Waals surface area contributed by atoms with Gasteiger partial charge in [-0.05, 0) is 42.8 Å². The number of hydrogen-bond donors (Lipinski definition) is 1. The van der Waals surface area contributed by atoms with Crippen molar-refractivity contribution in [3.63, 3.8) is 0 Å². The van der Waals surface area contributed by atoms with E-state index in [1.54, 1.807) is 19.2 Å². The van der Waals surface area contributed by atoms with Gasteiger partial charge in [-0.1, -0.05) is 11.6 Å². The molecule has 3 aromatic rings. The lowest BCUT2D eigenvalue weighted by atomic mass is 10.2. The predicted octanol–water partition coefficient (Wildman–Crippen LogP) is 4.05. The lowest BCUT2D eigenvalue weighted by Crippen LogP contribution is -1.86. The molecule has 0 spiro atoms. The van der Waals surface area contributed by atoms with Gasteiger partial charge in [0, 0.05) is 5.56 Å². The molecule has 0 fully saturated rings. The number of benzene rings is 2. The van der Waals surface area contributed by atoms with Gasteiger partial charge in [0.15, 0.2) is 5.58 Å². The Labute approximate surface area is 121 Å². The Kier molecular flexibility index (Phi) is 3.03. The Morgan fingerprint density at radius 3 is 2.75 bits per heavy atom. The molecule has 1 aromatic heterocycles. The highest BCUT2D eigenvalue weighted by atomic mass is 35.5. The summed E-state index contributed by atoms with van der Waals surface area (Å²) in [4.78, 5) is 4.46. The Bertz CT molecular complexity index is 796. The van der Waals surface area contributed by atoms with Crippen LogP contribution in [0.25, 0.3) is 22.6 Å². The van der Waals surface area contributed by atoms with Gasteiger partial charge in [0.05, 0.1) is 17.8 Å². The van der Waals surface area contributed by atoms with Crippen molar-refractivity contribution in [1.29, 1.82) is 0 Å². The molecule has 0 atom stereocenters. The normalized spacial score (nSPS) is 10.9. The van der Waals surface area contributed by atoms with Gasteiger partial charge in [-0.15, -0.1) is 0 Å². The van der Waals surface area contributed by atoms with Crippen molar-refractivity contribution in [1.82, 2.24) is 4.98 Å². The second-order valence-corrected chi connectivity index (χ2v) is 4.98. The van der Waals surface area contributed by atoms with Crippen LogP contribution in [0.4, 0.5) is 5.69 Å². The standard InChI is InChI=1S/C15H13ClN2O2/c1-8-5-11(17)14-12(6-8)18-15(20-14)9-3-4-13(19-2)10(16)7-9/h3-7H,17H2,1-2H3. The van der Waals surface area contributed by atoms with Crippen LogP contribution in [0.2, 0.25) is 5.02 Å². The van der Waals surface area contributed by atoms with Crippen LogP contribution in [-0.2, 0) is 0 Å². The molecule has 0 unspecified atom stereocenters. The fourth-order valence-corrected chi connectivity index (χ4v) is 2.39. The van der Waals surface area contributed by atoms with Crippen LogP contribution < -0.4 is 10.5 Å². The van der Waals surface area contributed by atoms with Crippen molar-refractivity contribution in [3.8, 4) is 17.2 Å². The Morgan fingerprint density at radius 2 is 2.05 bits per heavy atom. The van der Waals surface area contributed by atoms with Crippen molar-refractivity contribution >= 4 is 28.4 Å². The number of oxazole rings is 1. The summed E-state index contributed by atoms with van der Waals surface area (Å²) in [5.41, 5.74) is 9.69. The minimum atomic E-state index is 0.488. The summed E-state index contributed by atoms with van der Waals surface area (Å²) >= 11 is 6.12. The number of methoxy groups -OCH3 is 1. The van der Waals surface area contributed by atoms with Crippen molar-refractivity contribution in [2.75, 3.05) is 12.8 Å². The van der Waals surface area contributed by atoms with E-state index in [4.69, 9.17) is 26.5 Å². The van der Waals surface area contributed by atoms with Crippen LogP contribution in [0.3, 0.4) is 0 Å². The second-order valence-electron chi connectivity index (χ2n) is 4.57. The van der Waals surface area contributed by atoms with Gasteiger partial charge in [0.2, 0.25) is 5.89 Å². The van der Waals surface area contributed by atoms with E-state index in [-0.39, 0.29) is 0 Å². The lowest BCUT2D eigenvalue weighted by Gasteiger charge is -2.03. The fourth-order valence-electron chi connectivity index (χ4n) is 2.13. The van der Waals surface area contributed by atoms with Crippen LogP contribution in [0.15, 0.2) is 34.7 Å². The van der Waals surface area contributed by atoms with Gasteiger partial charge in [0.1, 0.15) is 11.3 Å². The third-order valence-corrected chi connectivity index (χ3v) is 3.36. The maximum Gasteiger partial charge on any atom is 0.227 e. The third kappa shape index (κ3) is 2.08. The van der Waals surface area contributed by atoms with Gasteiger partial charge in [-0.2, -0.15) is 0 Å². The van der Waals surface area contributed by atoms with Crippen molar-refractivity contribution in [2.45, 2.75) is 6.92 Å². The number of nitrogens with zero attached hydrogens (tertiary/aromatic N) is 1. The molecule has 1 heterocycles. The van der Waals surface area contributed by atoms with Crippen molar-refractivity contribution < 1.29 is 9.15 Å². The van der Waals surface area contributed by atoms with E-state index >= 15 is 0 Å². The maximum atomic E-state index is 6.12. The van der Waals surface area contributed by atoms with E-state index in [0.29, 0.717) is 27.9 Å². The van der Waals surface area contributed by atoms with Gasteiger partial charge in [0.25, 0.3) is 0 Å². The van der Waals surface area contributed by atoms with Gasteiger partial charge < -0.3 is 14.9 Å². The van der Waals surface area contributed by atoms with Crippen LogP contribution in [0, 0.1) is 6.92 Å². The fraction of sp³-hybridized carbons (Fsp3) is 0.133. The molecule has 0 radical (unpaired) electrons. The molecule has 0 amide bonds. The zero-order chi connectivity index (χ0) is 14.3. The number of halogens is 1. The highest BCUT2D eigenvalue weighted by Gasteiger charge is 2.12. The van der Waals surface area contributed by atoms with E-state index in [9.17, 15) is 0 Å².